The number of benzene rings is 1. The second-order valence-corrected chi connectivity index (χ2v) is 4.69. The summed E-state index contributed by atoms with van der Waals surface area (Å²) < 4.78 is 0. The Balaban J connectivity index is 1.71. The summed E-state index contributed by atoms with van der Waals surface area (Å²) in [4.78, 5) is 11.6. The van der Waals surface area contributed by atoms with Gasteiger partial charge in [0.25, 0.3) is 0 Å². The minimum absolute atomic E-state index is 0.0892. The smallest absolute Gasteiger partial charge is 0.238 e. The first-order valence-corrected chi connectivity index (χ1v) is 5.98. The summed E-state index contributed by atoms with van der Waals surface area (Å²) in [5.41, 5.74) is 0.731. The molecule has 0 aromatic heterocycles. The molecule has 4 nitrogen and oxygen atoms in total. The minimum Gasteiger partial charge on any atom is -0.393 e. The number of rotatable bonds is 4. The van der Waals surface area contributed by atoms with Gasteiger partial charge < -0.3 is 15.7 Å². The van der Waals surface area contributed by atoms with Gasteiger partial charge in [0.1, 0.15) is 0 Å². The number of aliphatic hydroxyl groups excluding tert-OH is 1. The lowest BCUT2D eigenvalue weighted by Crippen LogP contribution is -2.46. The van der Waals surface area contributed by atoms with E-state index in [0.29, 0.717) is 5.02 Å². The van der Waals surface area contributed by atoms with Gasteiger partial charge in [-0.2, -0.15) is 0 Å². The van der Waals surface area contributed by atoms with Crippen LogP contribution < -0.4 is 10.6 Å². The second kappa shape index (κ2) is 5.49. The maximum atomic E-state index is 11.6. The van der Waals surface area contributed by atoms with E-state index in [1.807, 2.05) is 0 Å². The highest BCUT2D eigenvalue weighted by atomic mass is 35.5. The number of carbonyl (C=O) groups excluding carboxylic acids is 1. The van der Waals surface area contributed by atoms with Crippen molar-refractivity contribution in [2.75, 3.05) is 11.9 Å². The summed E-state index contributed by atoms with van der Waals surface area (Å²) in [6.07, 6.45) is 1.26. The Morgan fingerprint density at radius 2 is 2.00 bits per heavy atom. The molecule has 1 amide bonds. The van der Waals surface area contributed by atoms with Crippen molar-refractivity contribution in [1.82, 2.24) is 5.32 Å². The number of carbonyl (C=O) groups is 1. The minimum atomic E-state index is -0.202. The number of anilines is 1. The van der Waals surface area contributed by atoms with Crippen molar-refractivity contribution < 1.29 is 9.90 Å². The lowest BCUT2D eigenvalue weighted by Gasteiger charge is -2.31. The molecule has 1 aromatic rings. The van der Waals surface area contributed by atoms with Crippen molar-refractivity contribution in [3.05, 3.63) is 29.3 Å². The average molecular weight is 255 g/mol. The molecule has 1 aliphatic carbocycles. The maximum Gasteiger partial charge on any atom is 0.238 e. The first-order chi connectivity index (χ1) is 8.13. The predicted molar refractivity (Wildman–Crippen MR) is 67.1 cm³/mol. The van der Waals surface area contributed by atoms with E-state index >= 15 is 0 Å². The fourth-order valence-electron chi connectivity index (χ4n) is 1.73. The van der Waals surface area contributed by atoms with Gasteiger partial charge in [0.15, 0.2) is 0 Å². The van der Waals surface area contributed by atoms with Crippen LogP contribution in [0.2, 0.25) is 5.02 Å². The molecule has 3 N–H and O–H groups in total. The number of nitrogens with one attached hydrogen (secondary N) is 2. The molecule has 0 heterocycles. The maximum absolute atomic E-state index is 11.6. The largest absolute Gasteiger partial charge is 0.393 e. The Labute approximate surface area is 105 Å². The van der Waals surface area contributed by atoms with Crippen LogP contribution in [0.3, 0.4) is 0 Å². The molecule has 0 unspecified atom stereocenters. The number of hydrogen-bond acceptors (Lipinski definition) is 3. The molecule has 2 rings (SSSR count). The summed E-state index contributed by atoms with van der Waals surface area (Å²) in [7, 11) is 0. The van der Waals surface area contributed by atoms with Gasteiger partial charge in [0, 0.05) is 16.8 Å². The number of halogens is 1. The molecule has 1 aliphatic rings. The quantitative estimate of drug-likeness (QED) is 0.761. The molecule has 1 aromatic carbocycles. The van der Waals surface area contributed by atoms with Crippen molar-refractivity contribution in [3.63, 3.8) is 0 Å². The third kappa shape index (κ3) is 3.70. The topological polar surface area (TPSA) is 61.4 Å². The zero-order valence-electron chi connectivity index (χ0n) is 9.32. The normalized spacial score (nSPS) is 22.9. The van der Waals surface area contributed by atoms with Gasteiger partial charge in [-0.3, -0.25) is 4.79 Å². The molecule has 5 heteroatoms. The molecular formula is C12H15ClN2O2. The van der Waals surface area contributed by atoms with Crippen LogP contribution in [-0.4, -0.2) is 29.7 Å². The van der Waals surface area contributed by atoms with Crippen molar-refractivity contribution in [3.8, 4) is 0 Å². The Morgan fingerprint density at radius 1 is 1.35 bits per heavy atom. The molecule has 92 valence electrons. The average Bonchev–Trinajstić information content (AvgIpc) is 2.26. The Hall–Kier alpha value is -1.10. The molecule has 1 saturated carbocycles. The second-order valence-electron chi connectivity index (χ2n) is 4.26. The molecular weight excluding hydrogens is 240 g/mol. The standard InChI is InChI=1S/C12H15ClN2O2/c13-8-1-3-9(4-2-8)15-12(17)7-14-10-5-11(16)6-10/h1-4,10-11,14,16H,5-7H2,(H,15,17). The van der Waals surface area contributed by atoms with E-state index in [9.17, 15) is 4.79 Å². The molecule has 1 fully saturated rings. The lowest BCUT2D eigenvalue weighted by atomic mass is 9.89. The van der Waals surface area contributed by atoms with Crippen LogP contribution in [0.1, 0.15) is 12.8 Å². The Kier molecular flexibility index (Phi) is 3.99. The van der Waals surface area contributed by atoms with Gasteiger partial charge in [-0.15, -0.1) is 0 Å². The predicted octanol–water partition coefficient (Wildman–Crippen LogP) is 1.39. The summed E-state index contributed by atoms with van der Waals surface area (Å²) in [5, 5.41) is 15.6. The third-order valence-electron chi connectivity index (χ3n) is 2.79. The van der Waals surface area contributed by atoms with Crippen molar-refractivity contribution in [1.29, 1.82) is 0 Å². The Morgan fingerprint density at radius 3 is 2.59 bits per heavy atom. The molecule has 17 heavy (non-hydrogen) atoms. The van der Waals surface area contributed by atoms with Gasteiger partial charge in [-0.05, 0) is 37.1 Å². The van der Waals surface area contributed by atoms with E-state index in [1.165, 1.54) is 0 Å². The van der Waals surface area contributed by atoms with Crippen LogP contribution in [0.5, 0.6) is 0 Å². The zero-order chi connectivity index (χ0) is 12.3. The fourth-order valence-corrected chi connectivity index (χ4v) is 1.86. The monoisotopic (exact) mass is 254 g/mol. The summed E-state index contributed by atoms with van der Waals surface area (Å²) in [6.45, 7) is 0.264. The van der Waals surface area contributed by atoms with Gasteiger partial charge >= 0.3 is 0 Å². The highest BCUT2D eigenvalue weighted by Crippen LogP contribution is 2.19. The van der Waals surface area contributed by atoms with Crippen LogP contribution in [-0.2, 0) is 4.79 Å². The highest BCUT2D eigenvalue weighted by molar-refractivity contribution is 6.30. The van der Waals surface area contributed by atoms with Crippen molar-refractivity contribution in [2.45, 2.75) is 25.0 Å². The molecule has 0 aliphatic heterocycles. The molecule has 0 spiro atoms. The Bertz CT molecular complexity index is 388. The zero-order valence-corrected chi connectivity index (χ0v) is 10.1. The van der Waals surface area contributed by atoms with E-state index < -0.39 is 0 Å². The number of amides is 1. The number of hydrogen-bond donors (Lipinski definition) is 3. The summed E-state index contributed by atoms with van der Waals surface area (Å²) >= 11 is 5.74. The van der Waals surface area contributed by atoms with E-state index in [4.69, 9.17) is 16.7 Å². The summed E-state index contributed by atoms with van der Waals surface area (Å²) in [5.74, 6) is -0.0892. The van der Waals surface area contributed by atoms with Crippen LogP contribution in [0.25, 0.3) is 0 Å². The van der Waals surface area contributed by atoms with Crippen LogP contribution in [0, 0.1) is 0 Å². The molecule has 0 radical (unpaired) electrons. The van der Waals surface area contributed by atoms with E-state index in [1.54, 1.807) is 24.3 Å². The van der Waals surface area contributed by atoms with Crippen LogP contribution in [0.15, 0.2) is 24.3 Å². The lowest BCUT2D eigenvalue weighted by molar-refractivity contribution is -0.115. The fraction of sp³-hybridized carbons (Fsp3) is 0.417. The molecule has 0 saturated heterocycles. The summed E-state index contributed by atoms with van der Waals surface area (Å²) in [6, 6.07) is 7.24. The first-order valence-electron chi connectivity index (χ1n) is 5.60. The van der Waals surface area contributed by atoms with Gasteiger partial charge in [0.2, 0.25) is 5.91 Å². The van der Waals surface area contributed by atoms with E-state index in [2.05, 4.69) is 10.6 Å². The van der Waals surface area contributed by atoms with Gasteiger partial charge in [-0.25, -0.2) is 0 Å². The van der Waals surface area contributed by atoms with Crippen molar-refractivity contribution >= 4 is 23.2 Å². The van der Waals surface area contributed by atoms with Crippen LogP contribution in [0.4, 0.5) is 5.69 Å². The van der Waals surface area contributed by atoms with E-state index in [0.717, 1.165) is 18.5 Å². The third-order valence-corrected chi connectivity index (χ3v) is 3.04. The van der Waals surface area contributed by atoms with Crippen molar-refractivity contribution in [2.24, 2.45) is 0 Å². The molecule has 0 bridgehead atoms. The van der Waals surface area contributed by atoms with E-state index in [-0.39, 0.29) is 24.6 Å². The SMILES string of the molecule is O=C(CNC1CC(O)C1)Nc1ccc(Cl)cc1. The van der Waals surface area contributed by atoms with Gasteiger partial charge in [0.05, 0.1) is 12.6 Å². The van der Waals surface area contributed by atoms with Crippen LogP contribution >= 0.6 is 11.6 Å². The van der Waals surface area contributed by atoms with Gasteiger partial charge in [-0.1, -0.05) is 11.6 Å². The molecule has 0 atom stereocenters. The number of aliphatic hydroxyl groups is 1. The first kappa shape index (κ1) is 12.4. The highest BCUT2D eigenvalue weighted by Gasteiger charge is 2.26.